The number of nitrogens with one attached hydrogen (secondary N) is 1. The van der Waals surface area contributed by atoms with Crippen LogP contribution in [-0.2, 0) is 16.1 Å². The van der Waals surface area contributed by atoms with Crippen LogP contribution in [0.3, 0.4) is 0 Å². The van der Waals surface area contributed by atoms with Crippen molar-refractivity contribution in [3.63, 3.8) is 0 Å². The van der Waals surface area contributed by atoms with E-state index in [4.69, 9.17) is 11.6 Å². The van der Waals surface area contributed by atoms with E-state index >= 15 is 0 Å². The lowest BCUT2D eigenvalue weighted by Gasteiger charge is -2.18. The number of aromatic nitrogens is 2. The highest BCUT2D eigenvalue weighted by Crippen LogP contribution is 2.42. The standard InChI is InChI=1S/C29H29ClN4O3S/c1-19-29(38-23-13-11-22(30)12-14-23)28-24(32-20(2)35)8-4-9-25(28)34(19)18-27(37)33(3)16-6-10-26(36)21-7-5-15-31-17-21/h4-5,7-9,11-15,17H,6,10,16,18H2,1-3H3,(H,32,35). The van der Waals surface area contributed by atoms with Gasteiger partial charge in [-0.05, 0) is 61.9 Å². The molecule has 0 atom stereocenters. The largest absolute Gasteiger partial charge is 0.344 e. The zero-order chi connectivity index (χ0) is 27.2. The molecule has 0 radical (unpaired) electrons. The lowest BCUT2D eigenvalue weighted by Crippen LogP contribution is -2.31. The Balaban J connectivity index is 1.55. The molecule has 0 aliphatic heterocycles. The van der Waals surface area contributed by atoms with Gasteiger partial charge in [-0.2, -0.15) is 0 Å². The second-order valence-corrected chi connectivity index (χ2v) is 10.5. The van der Waals surface area contributed by atoms with Crippen molar-refractivity contribution in [1.82, 2.24) is 14.5 Å². The number of nitrogens with zero attached hydrogens (tertiary/aromatic N) is 3. The fraction of sp³-hybridized carbons (Fsp3) is 0.241. The van der Waals surface area contributed by atoms with Crippen LogP contribution in [0.4, 0.5) is 5.69 Å². The van der Waals surface area contributed by atoms with Crippen LogP contribution in [-0.4, -0.2) is 45.6 Å². The first kappa shape index (κ1) is 27.4. The molecular weight excluding hydrogens is 520 g/mol. The van der Waals surface area contributed by atoms with Gasteiger partial charge in [0, 0.05) is 70.8 Å². The molecular formula is C29H29ClN4O3S. The van der Waals surface area contributed by atoms with Crippen LogP contribution in [0.15, 0.2) is 76.8 Å². The minimum absolute atomic E-state index is 0.0144. The highest BCUT2D eigenvalue weighted by molar-refractivity contribution is 7.99. The summed E-state index contributed by atoms with van der Waals surface area (Å²) in [5.41, 5.74) is 3.06. The third-order valence-corrected chi connectivity index (χ3v) is 7.70. The molecule has 0 fully saturated rings. The maximum absolute atomic E-state index is 13.2. The van der Waals surface area contributed by atoms with Gasteiger partial charge in [-0.25, -0.2) is 0 Å². The minimum atomic E-state index is -0.165. The Bertz CT molecular complexity index is 1470. The molecule has 7 nitrogen and oxygen atoms in total. The van der Waals surface area contributed by atoms with Crippen molar-refractivity contribution in [3.05, 3.63) is 83.3 Å². The van der Waals surface area contributed by atoms with E-state index in [1.54, 1.807) is 48.2 Å². The molecule has 2 aromatic carbocycles. The average Bonchev–Trinajstić information content (AvgIpc) is 3.16. The zero-order valence-corrected chi connectivity index (χ0v) is 23.1. The van der Waals surface area contributed by atoms with E-state index in [0.29, 0.717) is 35.7 Å². The summed E-state index contributed by atoms with van der Waals surface area (Å²) in [4.78, 5) is 45.2. The molecule has 2 aromatic heterocycles. The lowest BCUT2D eigenvalue weighted by atomic mass is 10.1. The summed E-state index contributed by atoms with van der Waals surface area (Å²) in [6, 6.07) is 16.8. The smallest absolute Gasteiger partial charge is 0.242 e. The van der Waals surface area contributed by atoms with Gasteiger partial charge in [-0.15, -0.1) is 0 Å². The van der Waals surface area contributed by atoms with Crippen LogP contribution in [0.5, 0.6) is 0 Å². The van der Waals surface area contributed by atoms with Gasteiger partial charge in [0.2, 0.25) is 11.8 Å². The number of pyridine rings is 1. The average molecular weight is 549 g/mol. The molecule has 1 N–H and O–H groups in total. The molecule has 0 aliphatic rings. The molecule has 0 saturated carbocycles. The quantitative estimate of drug-likeness (QED) is 0.237. The summed E-state index contributed by atoms with van der Waals surface area (Å²) in [5.74, 6) is -0.214. The van der Waals surface area contributed by atoms with Crippen molar-refractivity contribution in [2.45, 2.75) is 43.0 Å². The fourth-order valence-electron chi connectivity index (χ4n) is 4.26. The van der Waals surface area contributed by atoms with Crippen LogP contribution < -0.4 is 5.32 Å². The summed E-state index contributed by atoms with van der Waals surface area (Å²) >= 11 is 7.64. The van der Waals surface area contributed by atoms with Crippen LogP contribution in [0, 0.1) is 6.92 Å². The van der Waals surface area contributed by atoms with Gasteiger partial charge in [0.05, 0.1) is 11.2 Å². The van der Waals surface area contributed by atoms with Crippen molar-refractivity contribution < 1.29 is 14.4 Å². The number of likely N-dealkylation sites (N-methyl/N-ethyl adjacent to an activating group) is 1. The Morgan fingerprint density at radius 3 is 2.53 bits per heavy atom. The number of carbonyl (C=O) groups excluding carboxylic acids is 3. The number of benzene rings is 2. The summed E-state index contributed by atoms with van der Waals surface area (Å²) in [7, 11) is 1.75. The van der Waals surface area contributed by atoms with Crippen molar-refractivity contribution in [2.24, 2.45) is 0 Å². The second-order valence-electron chi connectivity index (χ2n) is 9.02. The van der Waals surface area contributed by atoms with Gasteiger partial charge in [0.1, 0.15) is 6.54 Å². The van der Waals surface area contributed by atoms with E-state index in [0.717, 1.165) is 26.4 Å². The maximum Gasteiger partial charge on any atom is 0.242 e. The normalized spacial score (nSPS) is 10.9. The molecule has 0 saturated heterocycles. The highest BCUT2D eigenvalue weighted by atomic mass is 35.5. The van der Waals surface area contributed by atoms with Gasteiger partial charge in [0.25, 0.3) is 0 Å². The SMILES string of the molecule is CC(=O)Nc1cccc2c1c(Sc1ccc(Cl)cc1)c(C)n2CC(=O)N(C)CCCC(=O)c1cccnc1. The number of fused-ring (bicyclic) bond motifs is 1. The van der Waals surface area contributed by atoms with Crippen molar-refractivity contribution >= 4 is 57.6 Å². The van der Waals surface area contributed by atoms with E-state index in [1.165, 1.54) is 6.92 Å². The van der Waals surface area contributed by atoms with Crippen molar-refractivity contribution in [3.8, 4) is 0 Å². The highest BCUT2D eigenvalue weighted by Gasteiger charge is 2.21. The van der Waals surface area contributed by atoms with Gasteiger partial charge in [-0.1, -0.05) is 29.4 Å². The number of halogens is 1. The van der Waals surface area contributed by atoms with E-state index in [2.05, 4.69) is 10.3 Å². The molecule has 38 heavy (non-hydrogen) atoms. The molecule has 0 aliphatic carbocycles. The molecule has 9 heteroatoms. The predicted octanol–water partition coefficient (Wildman–Crippen LogP) is 6.23. The third kappa shape index (κ3) is 6.44. The molecule has 4 rings (SSSR count). The van der Waals surface area contributed by atoms with E-state index in [1.807, 2.05) is 54.0 Å². The number of ketones is 1. The molecule has 4 aromatic rings. The second kappa shape index (κ2) is 12.3. The number of hydrogen-bond acceptors (Lipinski definition) is 5. The Kier molecular flexibility index (Phi) is 8.86. The van der Waals surface area contributed by atoms with E-state index < -0.39 is 0 Å². The van der Waals surface area contributed by atoms with Crippen LogP contribution in [0.25, 0.3) is 10.9 Å². The van der Waals surface area contributed by atoms with E-state index in [-0.39, 0.29) is 24.1 Å². The monoisotopic (exact) mass is 548 g/mol. The number of amides is 2. The lowest BCUT2D eigenvalue weighted by molar-refractivity contribution is -0.130. The molecule has 196 valence electrons. The Morgan fingerprint density at radius 1 is 1.08 bits per heavy atom. The molecule has 2 heterocycles. The fourth-order valence-corrected chi connectivity index (χ4v) is 5.47. The number of carbonyl (C=O) groups is 3. The summed E-state index contributed by atoms with van der Waals surface area (Å²) < 4.78 is 1.98. The molecule has 2 amide bonds. The Labute approximate surface area is 231 Å². The maximum atomic E-state index is 13.2. The van der Waals surface area contributed by atoms with Crippen LogP contribution in [0.2, 0.25) is 5.02 Å². The van der Waals surface area contributed by atoms with Gasteiger partial charge >= 0.3 is 0 Å². The number of hydrogen-bond donors (Lipinski definition) is 1. The Morgan fingerprint density at radius 2 is 1.84 bits per heavy atom. The van der Waals surface area contributed by atoms with Gasteiger partial charge in [-0.3, -0.25) is 19.4 Å². The summed E-state index contributed by atoms with van der Waals surface area (Å²) in [6.45, 7) is 4.06. The molecule has 0 spiro atoms. The summed E-state index contributed by atoms with van der Waals surface area (Å²) in [6.07, 6.45) is 4.10. The zero-order valence-electron chi connectivity index (χ0n) is 21.5. The van der Waals surface area contributed by atoms with Gasteiger partial charge < -0.3 is 14.8 Å². The van der Waals surface area contributed by atoms with Crippen LogP contribution >= 0.6 is 23.4 Å². The first-order chi connectivity index (χ1) is 18.2. The van der Waals surface area contributed by atoms with Crippen molar-refractivity contribution in [2.75, 3.05) is 18.9 Å². The number of anilines is 1. The van der Waals surface area contributed by atoms with Crippen molar-refractivity contribution in [1.29, 1.82) is 0 Å². The number of rotatable bonds is 10. The topological polar surface area (TPSA) is 84.3 Å². The van der Waals surface area contributed by atoms with Gasteiger partial charge in [0.15, 0.2) is 5.78 Å². The van der Waals surface area contributed by atoms with E-state index in [9.17, 15) is 14.4 Å². The first-order valence-corrected chi connectivity index (χ1v) is 13.4. The first-order valence-electron chi connectivity index (χ1n) is 12.2. The molecule has 0 bridgehead atoms. The summed E-state index contributed by atoms with van der Waals surface area (Å²) in [5, 5.41) is 4.48. The van der Waals surface area contributed by atoms with Crippen LogP contribution in [0.1, 0.15) is 35.8 Å². The minimum Gasteiger partial charge on any atom is -0.344 e. The molecule has 0 unspecified atom stereocenters. The predicted molar refractivity (Wildman–Crippen MR) is 152 cm³/mol. The number of Topliss-reactive ketones (excluding diaryl/α,β-unsaturated/α-hetero) is 1. The Hall–Kier alpha value is -3.62. The third-order valence-electron chi connectivity index (χ3n) is 6.24.